The molecule has 1 aromatic heterocycles. The maximum absolute atomic E-state index is 13.6. The van der Waals surface area contributed by atoms with E-state index in [1.165, 1.54) is 6.07 Å². The summed E-state index contributed by atoms with van der Waals surface area (Å²) in [4.78, 5) is 8.73. The van der Waals surface area contributed by atoms with Gasteiger partial charge in [-0.1, -0.05) is 37.2 Å². The quantitative estimate of drug-likeness (QED) is 0.376. The summed E-state index contributed by atoms with van der Waals surface area (Å²) in [5, 5.41) is 10.3. The lowest BCUT2D eigenvalue weighted by Crippen LogP contribution is -2.38. The molecule has 1 heterocycles. The Morgan fingerprint density at radius 3 is 2.68 bits per heavy atom. The zero-order chi connectivity index (χ0) is 17.4. The van der Waals surface area contributed by atoms with E-state index in [2.05, 4.69) is 25.8 Å². The zero-order valence-corrected chi connectivity index (χ0v) is 17.1. The third-order valence-electron chi connectivity index (χ3n) is 3.34. The Kier molecular flexibility index (Phi) is 9.40. The van der Waals surface area contributed by atoms with Crippen LogP contribution in [0.4, 0.5) is 4.39 Å². The van der Waals surface area contributed by atoms with Crippen LogP contribution in [-0.4, -0.2) is 29.2 Å². The first-order valence-electron chi connectivity index (χ1n) is 8.18. The molecule has 0 amide bonds. The lowest BCUT2D eigenvalue weighted by molar-refractivity contribution is 0.371. The van der Waals surface area contributed by atoms with Crippen LogP contribution in [0.2, 0.25) is 0 Å². The van der Waals surface area contributed by atoms with Gasteiger partial charge in [-0.25, -0.2) is 9.38 Å². The summed E-state index contributed by atoms with van der Waals surface area (Å²) in [6.45, 7) is 7.62. The van der Waals surface area contributed by atoms with Gasteiger partial charge < -0.3 is 15.2 Å². The molecular weight excluding hydrogens is 436 g/mol. The molecule has 0 spiro atoms. The molecule has 1 aromatic carbocycles. The SMILES string of the molecule is CCNC(=NCc1ccccc1F)NCCc1nc(C(C)C)no1.I. The van der Waals surface area contributed by atoms with Gasteiger partial charge in [0.2, 0.25) is 5.89 Å². The molecule has 25 heavy (non-hydrogen) atoms. The second kappa shape index (κ2) is 11.0. The molecule has 2 rings (SSSR count). The highest BCUT2D eigenvalue weighted by Crippen LogP contribution is 2.09. The number of hydrogen-bond donors (Lipinski definition) is 2. The number of halogens is 2. The number of aliphatic imine (C=N–C) groups is 1. The predicted molar refractivity (Wildman–Crippen MR) is 107 cm³/mol. The van der Waals surface area contributed by atoms with Crippen molar-refractivity contribution in [1.29, 1.82) is 0 Å². The molecule has 6 nitrogen and oxygen atoms in total. The average molecular weight is 461 g/mol. The fourth-order valence-electron chi connectivity index (χ4n) is 2.02. The largest absolute Gasteiger partial charge is 0.357 e. The van der Waals surface area contributed by atoms with Crippen molar-refractivity contribution in [3.63, 3.8) is 0 Å². The molecule has 0 aliphatic carbocycles. The fraction of sp³-hybridized carbons (Fsp3) is 0.471. The molecule has 0 saturated heterocycles. The molecule has 0 fully saturated rings. The summed E-state index contributed by atoms with van der Waals surface area (Å²) in [5.74, 6) is 1.94. The van der Waals surface area contributed by atoms with E-state index in [1.807, 2.05) is 20.8 Å². The van der Waals surface area contributed by atoms with Gasteiger partial charge in [-0.05, 0) is 13.0 Å². The van der Waals surface area contributed by atoms with Gasteiger partial charge in [-0.2, -0.15) is 4.98 Å². The maximum atomic E-state index is 13.6. The van der Waals surface area contributed by atoms with Crippen LogP contribution in [0.25, 0.3) is 0 Å². The molecule has 2 aromatic rings. The van der Waals surface area contributed by atoms with Crippen molar-refractivity contribution in [2.75, 3.05) is 13.1 Å². The Hall–Kier alpha value is -1.71. The molecule has 138 valence electrons. The highest BCUT2D eigenvalue weighted by atomic mass is 127. The van der Waals surface area contributed by atoms with Gasteiger partial charge in [0.05, 0.1) is 6.54 Å². The van der Waals surface area contributed by atoms with Gasteiger partial charge in [0.15, 0.2) is 11.8 Å². The number of guanidine groups is 1. The lowest BCUT2D eigenvalue weighted by Gasteiger charge is -2.10. The van der Waals surface area contributed by atoms with E-state index in [0.717, 1.165) is 6.54 Å². The third kappa shape index (κ3) is 6.97. The number of nitrogens with one attached hydrogen (secondary N) is 2. The Bertz CT molecular complexity index is 675. The molecule has 0 saturated carbocycles. The monoisotopic (exact) mass is 461 g/mol. The van der Waals surface area contributed by atoms with E-state index >= 15 is 0 Å². The summed E-state index contributed by atoms with van der Waals surface area (Å²) in [6, 6.07) is 6.64. The van der Waals surface area contributed by atoms with Crippen LogP contribution in [0, 0.1) is 5.82 Å². The standard InChI is InChI=1S/C17H24FN5O.HI/c1-4-19-17(21-11-13-7-5-6-8-14(13)18)20-10-9-15-22-16(12(2)3)23-24-15;/h5-8,12H,4,9-11H2,1-3H3,(H2,19,20,21);1H. The van der Waals surface area contributed by atoms with Crippen LogP contribution < -0.4 is 10.6 Å². The molecule has 8 heteroatoms. The molecule has 0 unspecified atom stereocenters. The lowest BCUT2D eigenvalue weighted by atomic mass is 10.2. The van der Waals surface area contributed by atoms with Crippen molar-refractivity contribution in [3.05, 3.63) is 47.4 Å². The summed E-state index contributed by atoms with van der Waals surface area (Å²) in [5.41, 5.74) is 0.563. The van der Waals surface area contributed by atoms with Crippen LogP contribution in [0.3, 0.4) is 0 Å². The first-order chi connectivity index (χ1) is 11.6. The molecule has 0 aliphatic rings. The van der Waals surface area contributed by atoms with Gasteiger partial charge in [0.1, 0.15) is 5.82 Å². The number of benzene rings is 1. The number of rotatable bonds is 7. The van der Waals surface area contributed by atoms with Crippen LogP contribution in [0.15, 0.2) is 33.8 Å². The van der Waals surface area contributed by atoms with Crippen LogP contribution in [-0.2, 0) is 13.0 Å². The van der Waals surface area contributed by atoms with Gasteiger partial charge in [0.25, 0.3) is 0 Å². The highest BCUT2D eigenvalue weighted by molar-refractivity contribution is 14.0. The van der Waals surface area contributed by atoms with E-state index in [0.29, 0.717) is 36.2 Å². The molecule has 0 radical (unpaired) electrons. The molecular formula is C17H25FIN5O. The maximum Gasteiger partial charge on any atom is 0.228 e. The smallest absolute Gasteiger partial charge is 0.228 e. The molecule has 0 atom stereocenters. The Labute approximate surface area is 164 Å². The van der Waals surface area contributed by atoms with E-state index in [1.54, 1.807) is 18.2 Å². The van der Waals surface area contributed by atoms with E-state index < -0.39 is 0 Å². The van der Waals surface area contributed by atoms with E-state index in [9.17, 15) is 4.39 Å². The average Bonchev–Trinajstić information content (AvgIpc) is 3.03. The van der Waals surface area contributed by atoms with Gasteiger partial charge in [0, 0.05) is 31.0 Å². The van der Waals surface area contributed by atoms with Crippen molar-refractivity contribution < 1.29 is 8.91 Å². The fourth-order valence-corrected chi connectivity index (χ4v) is 2.02. The van der Waals surface area contributed by atoms with Gasteiger partial charge >= 0.3 is 0 Å². The summed E-state index contributed by atoms with van der Waals surface area (Å²) in [6.07, 6.45) is 0.601. The minimum absolute atomic E-state index is 0. The van der Waals surface area contributed by atoms with Gasteiger partial charge in [-0.3, -0.25) is 0 Å². The topological polar surface area (TPSA) is 75.3 Å². The second-order valence-electron chi connectivity index (χ2n) is 5.66. The van der Waals surface area contributed by atoms with Gasteiger partial charge in [-0.15, -0.1) is 24.0 Å². The molecule has 0 bridgehead atoms. The van der Waals surface area contributed by atoms with E-state index in [-0.39, 0.29) is 42.3 Å². The molecule has 2 N–H and O–H groups in total. The molecule has 0 aliphatic heterocycles. The van der Waals surface area contributed by atoms with Crippen molar-refractivity contribution in [2.45, 2.75) is 39.7 Å². The number of hydrogen-bond acceptors (Lipinski definition) is 4. The van der Waals surface area contributed by atoms with Crippen molar-refractivity contribution in [1.82, 2.24) is 20.8 Å². The van der Waals surface area contributed by atoms with Crippen LogP contribution in [0.1, 0.15) is 44.0 Å². The Balaban J connectivity index is 0.00000312. The second-order valence-corrected chi connectivity index (χ2v) is 5.66. The minimum atomic E-state index is -0.246. The zero-order valence-electron chi connectivity index (χ0n) is 14.8. The normalized spacial score (nSPS) is 11.3. The van der Waals surface area contributed by atoms with E-state index in [4.69, 9.17) is 4.52 Å². The number of nitrogens with zero attached hydrogens (tertiary/aromatic N) is 3. The predicted octanol–water partition coefficient (Wildman–Crippen LogP) is 3.25. The Morgan fingerprint density at radius 2 is 2.04 bits per heavy atom. The summed E-state index contributed by atoms with van der Waals surface area (Å²) < 4.78 is 18.8. The van der Waals surface area contributed by atoms with Crippen molar-refractivity contribution in [2.24, 2.45) is 4.99 Å². The van der Waals surface area contributed by atoms with Crippen LogP contribution in [0.5, 0.6) is 0 Å². The third-order valence-corrected chi connectivity index (χ3v) is 3.34. The Morgan fingerprint density at radius 1 is 1.28 bits per heavy atom. The van der Waals surface area contributed by atoms with Crippen molar-refractivity contribution >= 4 is 29.9 Å². The highest BCUT2D eigenvalue weighted by Gasteiger charge is 2.09. The summed E-state index contributed by atoms with van der Waals surface area (Å²) in [7, 11) is 0. The van der Waals surface area contributed by atoms with Crippen LogP contribution >= 0.6 is 24.0 Å². The number of aromatic nitrogens is 2. The first kappa shape index (κ1) is 21.3. The summed E-state index contributed by atoms with van der Waals surface area (Å²) >= 11 is 0. The van der Waals surface area contributed by atoms with Crippen molar-refractivity contribution in [3.8, 4) is 0 Å². The first-order valence-corrected chi connectivity index (χ1v) is 8.18. The minimum Gasteiger partial charge on any atom is -0.357 e.